The monoisotopic (exact) mass is 199 g/mol. The van der Waals surface area contributed by atoms with E-state index in [1.165, 1.54) is 0 Å². The molecule has 0 fully saturated rings. The van der Waals surface area contributed by atoms with Crippen molar-refractivity contribution >= 4 is 6.29 Å². The molecule has 1 aromatic carbocycles. The normalized spacial score (nSPS) is 9.87. The van der Waals surface area contributed by atoms with E-state index in [0.717, 1.165) is 11.8 Å². The molecule has 0 aliphatic carbocycles. The van der Waals surface area contributed by atoms with Crippen molar-refractivity contribution in [3.63, 3.8) is 0 Å². The van der Waals surface area contributed by atoms with Gasteiger partial charge in [0.2, 0.25) is 0 Å². The highest BCUT2D eigenvalue weighted by Crippen LogP contribution is 2.15. The maximum absolute atomic E-state index is 11.5. The predicted octanol–water partition coefficient (Wildman–Crippen LogP) is 1.85. The number of pyridine rings is 1. The van der Waals surface area contributed by atoms with Crippen molar-refractivity contribution in [1.82, 2.24) is 4.98 Å². The summed E-state index contributed by atoms with van der Waals surface area (Å²) in [6, 6.07) is 10.4. The summed E-state index contributed by atoms with van der Waals surface area (Å²) in [6.07, 6.45) is 2.34. The number of aromatic amines is 1. The number of hydrogen-bond acceptors (Lipinski definition) is 2. The number of benzene rings is 1. The van der Waals surface area contributed by atoms with E-state index in [0.29, 0.717) is 11.1 Å². The Morgan fingerprint density at radius 1 is 1.13 bits per heavy atom. The molecule has 0 amide bonds. The Labute approximate surface area is 86.4 Å². The lowest BCUT2D eigenvalue weighted by Crippen LogP contribution is -2.06. The average molecular weight is 199 g/mol. The molecule has 74 valence electrons. The Kier molecular flexibility index (Phi) is 2.46. The number of carbonyl (C=O) groups excluding carboxylic acids is 1. The van der Waals surface area contributed by atoms with Gasteiger partial charge < -0.3 is 4.98 Å². The van der Waals surface area contributed by atoms with Gasteiger partial charge in [0.15, 0.2) is 0 Å². The summed E-state index contributed by atoms with van der Waals surface area (Å²) in [6.45, 7) is 0. The number of aromatic nitrogens is 1. The van der Waals surface area contributed by atoms with Crippen molar-refractivity contribution in [3.8, 4) is 11.1 Å². The van der Waals surface area contributed by atoms with E-state index in [4.69, 9.17) is 0 Å². The fraction of sp³-hybridized carbons (Fsp3) is 0. The summed E-state index contributed by atoms with van der Waals surface area (Å²) in [5, 5.41) is 0. The summed E-state index contributed by atoms with van der Waals surface area (Å²) in [5.74, 6) is 0. The standard InChI is InChI=1S/C12H9NO2/c14-8-9-3-1-4-10(7-9)11-5-2-6-13-12(11)15/h1-8H,(H,13,15). The largest absolute Gasteiger partial charge is 0.329 e. The second-order valence-electron chi connectivity index (χ2n) is 3.16. The minimum Gasteiger partial charge on any atom is -0.329 e. The number of aldehydes is 1. The highest BCUT2D eigenvalue weighted by atomic mass is 16.1. The molecule has 0 radical (unpaired) electrons. The summed E-state index contributed by atoms with van der Waals surface area (Å²) in [7, 11) is 0. The van der Waals surface area contributed by atoms with Crippen molar-refractivity contribution in [2.24, 2.45) is 0 Å². The van der Waals surface area contributed by atoms with Gasteiger partial charge in [0.05, 0.1) is 0 Å². The summed E-state index contributed by atoms with van der Waals surface area (Å²) >= 11 is 0. The van der Waals surface area contributed by atoms with Crippen LogP contribution in [0.3, 0.4) is 0 Å². The molecular formula is C12H9NO2. The minimum absolute atomic E-state index is 0.152. The van der Waals surface area contributed by atoms with E-state index in [-0.39, 0.29) is 5.56 Å². The van der Waals surface area contributed by atoms with Crippen molar-refractivity contribution in [1.29, 1.82) is 0 Å². The van der Waals surface area contributed by atoms with Gasteiger partial charge in [-0.25, -0.2) is 0 Å². The van der Waals surface area contributed by atoms with E-state index in [1.807, 2.05) is 0 Å². The summed E-state index contributed by atoms with van der Waals surface area (Å²) < 4.78 is 0. The SMILES string of the molecule is O=Cc1cccc(-c2ccc[nH]c2=O)c1. The Hall–Kier alpha value is -2.16. The molecule has 15 heavy (non-hydrogen) atoms. The first-order valence-corrected chi connectivity index (χ1v) is 4.54. The zero-order valence-electron chi connectivity index (χ0n) is 7.94. The van der Waals surface area contributed by atoms with Gasteiger partial charge >= 0.3 is 0 Å². The van der Waals surface area contributed by atoms with Crippen LogP contribution in [-0.2, 0) is 0 Å². The van der Waals surface area contributed by atoms with E-state index in [9.17, 15) is 9.59 Å². The second-order valence-corrected chi connectivity index (χ2v) is 3.16. The molecule has 0 saturated heterocycles. The zero-order chi connectivity index (χ0) is 10.7. The number of nitrogens with one attached hydrogen (secondary N) is 1. The van der Waals surface area contributed by atoms with Crippen LogP contribution in [0.2, 0.25) is 0 Å². The lowest BCUT2D eigenvalue weighted by Gasteiger charge is -2.00. The van der Waals surface area contributed by atoms with Crippen LogP contribution in [0, 0.1) is 0 Å². The maximum atomic E-state index is 11.5. The quantitative estimate of drug-likeness (QED) is 0.750. The zero-order valence-corrected chi connectivity index (χ0v) is 7.94. The molecule has 2 aromatic rings. The van der Waals surface area contributed by atoms with Gasteiger partial charge in [-0.2, -0.15) is 0 Å². The highest BCUT2D eigenvalue weighted by Gasteiger charge is 2.02. The highest BCUT2D eigenvalue weighted by molar-refractivity contribution is 5.78. The summed E-state index contributed by atoms with van der Waals surface area (Å²) in [4.78, 5) is 24.7. The maximum Gasteiger partial charge on any atom is 0.255 e. The first kappa shape index (κ1) is 9.40. The van der Waals surface area contributed by atoms with Crippen LogP contribution in [0.4, 0.5) is 0 Å². The minimum atomic E-state index is -0.152. The van der Waals surface area contributed by atoms with Gasteiger partial charge in [-0.05, 0) is 23.8 Å². The molecule has 1 N–H and O–H groups in total. The van der Waals surface area contributed by atoms with E-state index < -0.39 is 0 Å². The van der Waals surface area contributed by atoms with E-state index >= 15 is 0 Å². The first-order valence-electron chi connectivity index (χ1n) is 4.54. The topological polar surface area (TPSA) is 49.9 Å². The molecule has 0 saturated carbocycles. The fourth-order valence-electron chi connectivity index (χ4n) is 1.43. The molecule has 0 aliphatic rings. The van der Waals surface area contributed by atoms with Crippen LogP contribution in [0.5, 0.6) is 0 Å². The van der Waals surface area contributed by atoms with Gasteiger partial charge in [0, 0.05) is 17.3 Å². The molecule has 0 atom stereocenters. The fourth-order valence-corrected chi connectivity index (χ4v) is 1.43. The van der Waals surface area contributed by atoms with Gasteiger partial charge in [0.25, 0.3) is 5.56 Å². The number of rotatable bonds is 2. The summed E-state index contributed by atoms with van der Waals surface area (Å²) in [5.41, 5.74) is 1.74. The van der Waals surface area contributed by atoms with Crippen molar-refractivity contribution in [2.45, 2.75) is 0 Å². The molecule has 2 rings (SSSR count). The van der Waals surface area contributed by atoms with Gasteiger partial charge in [-0.1, -0.05) is 18.2 Å². The Morgan fingerprint density at radius 2 is 2.00 bits per heavy atom. The van der Waals surface area contributed by atoms with E-state index in [2.05, 4.69) is 4.98 Å². The van der Waals surface area contributed by atoms with Crippen molar-refractivity contribution in [3.05, 3.63) is 58.5 Å². The molecule has 0 aliphatic heterocycles. The smallest absolute Gasteiger partial charge is 0.255 e. The van der Waals surface area contributed by atoms with Gasteiger partial charge in [-0.3, -0.25) is 9.59 Å². The Bertz CT molecular complexity index is 543. The second kappa shape index (κ2) is 3.92. The molecule has 0 unspecified atom stereocenters. The number of hydrogen-bond donors (Lipinski definition) is 1. The Morgan fingerprint density at radius 3 is 2.73 bits per heavy atom. The van der Waals surface area contributed by atoms with Crippen LogP contribution in [-0.4, -0.2) is 11.3 Å². The van der Waals surface area contributed by atoms with Crippen LogP contribution < -0.4 is 5.56 Å². The van der Waals surface area contributed by atoms with Crippen molar-refractivity contribution < 1.29 is 4.79 Å². The number of H-pyrrole nitrogens is 1. The average Bonchev–Trinajstić information content (AvgIpc) is 2.30. The lowest BCUT2D eigenvalue weighted by atomic mass is 10.1. The molecule has 0 bridgehead atoms. The molecule has 3 heteroatoms. The molecule has 1 heterocycles. The van der Waals surface area contributed by atoms with Gasteiger partial charge in [-0.15, -0.1) is 0 Å². The van der Waals surface area contributed by atoms with Crippen LogP contribution in [0.25, 0.3) is 11.1 Å². The van der Waals surface area contributed by atoms with Crippen molar-refractivity contribution in [2.75, 3.05) is 0 Å². The lowest BCUT2D eigenvalue weighted by molar-refractivity contribution is 0.112. The third kappa shape index (κ3) is 1.86. The third-order valence-corrected chi connectivity index (χ3v) is 2.15. The molecule has 1 aromatic heterocycles. The predicted molar refractivity (Wildman–Crippen MR) is 57.9 cm³/mol. The van der Waals surface area contributed by atoms with Gasteiger partial charge in [0.1, 0.15) is 6.29 Å². The Balaban J connectivity index is 2.59. The van der Waals surface area contributed by atoms with Crippen LogP contribution in [0.15, 0.2) is 47.4 Å². The number of carbonyl (C=O) groups is 1. The molecule has 0 spiro atoms. The molecular weight excluding hydrogens is 190 g/mol. The van der Waals surface area contributed by atoms with Crippen LogP contribution in [0.1, 0.15) is 10.4 Å². The first-order chi connectivity index (χ1) is 7.31. The van der Waals surface area contributed by atoms with E-state index in [1.54, 1.807) is 42.6 Å². The molecule has 3 nitrogen and oxygen atoms in total. The van der Waals surface area contributed by atoms with Crippen LogP contribution >= 0.6 is 0 Å². The third-order valence-electron chi connectivity index (χ3n) is 2.15.